The van der Waals surface area contributed by atoms with Crippen molar-refractivity contribution in [2.24, 2.45) is 5.92 Å². The molecule has 10 heteroatoms. The molecule has 0 saturated heterocycles. The number of aliphatic hydroxyl groups is 1. The molecule has 0 radical (unpaired) electrons. The van der Waals surface area contributed by atoms with Crippen molar-refractivity contribution in [2.75, 3.05) is 13.2 Å². The molecule has 0 saturated carbocycles. The van der Waals surface area contributed by atoms with Crippen LogP contribution in [0.4, 0.5) is 0 Å². The summed E-state index contributed by atoms with van der Waals surface area (Å²) in [4.78, 5) is 42.4. The summed E-state index contributed by atoms with van der Waals surface area (Å²) in [5.74, 6) is -0.289. The summed E-state index contributed by atoms with van der Waals surface area (Å²) in [5.41, 5.74) is 0. The molecular weight excluding hydrogens is 595 g/mol. The van der Waals surface area contributed by atoms with Crippen molar-refractivity contribution in [2.45, 2.75) is 129 Å². The van der Waals surface area contributed by atoms with Crippen LogP contribution in [-0.4, -0.2) is 52.3 Å². The Kier molecular flexibility index (Phi) is 27.7. The van der Waals surface area contributed by atoms with Crippen molar-refractivity contribution in [3.8, 4) is 0 Å². The highest BCUT2D eigenvalue weighted by molar-refractivity contribution is 7.46. The summed E-state index contributed by atoms with van der Waals surface area (Å²) in [7, 11) is -4.77. The number of hydrogen-bond acceptors (Lipinski definition) is 7. The molecule has 0 spiro atoms. The van der Waals surface area contributed by atoms with Crippen LogP contribution < -0.4 is 0 Å². The first kappa shape index (κ1) is 42.7. The third-order valence-corrected chi connectivity index (χ3v) is 7.04. The minimum absolute atomic E-state index is 0.154. The molecule has 0 aromatic carbocycles. The molecule has 0 bridgehead atoms. The molecule has 0 aromatic heterocycles. The number of rotatable bonds is 28. The molecule has 0 rings (SSSR count). The van der Waals surface area contributed by atoms with Gasteiger partial charge in [-0.25, -0.2) is 4.57 Å². The lowest BCUT2D eigenvalue weighted by Crippen LogP contribution is -2.29. The van der Waals surface area contributed by atoms with Crippen molar-refractivity contribution in [1.29, 1.82) is 0 Å². The first-order chi connectivity index (χ1) is 21.5. The Morgan fingerprint density at radius 3 is 2.11 bits per heavy atom. The minimum Gasteiger partial charge on any atom is -0.462 e. The van der Waals surface area contributed by atoms with Crippen LogP contribution in [0.3, 0.4) is 0 Å². The molecule has 1 unspecified atom stereocenters. The molecule has 3 N–H and O–H groups in total. The molecule has 0 aromatic rings. The van der Waals surface area contributed by atoms with Gasteiger partial charge in [0.05, 0.1) is 12.7 Å². The van der Waals surface area contributed by atoms with Crippen molar-refractivity contribution in [1.82, 2.24) is 0 Å². The van der Waals surface area contributed by atoms with Gasteiger partial charge in [-0.1, -0.05) is 120 Å². The van der Waals surface area contributed by atoms with Crippen molar-refractivity contribution < 1.29 is 43.0 Å². The fourth-order valence-corrected chi connectivity index (χ4v) is 4.45. The van der Waals surface area contributed by atoms with Crippen LogP contribution in [-0.2, 0) is 28.2 Å². The monoisotopic (exact) mass is 654 g/mol. The summed E-state index contributed by atoms with van der Waals surface area (Å²) in [6, 6.07) is 0. The Bertz CT molecular complexity index is 947. The number of allylic oxidation sites excluding steroid dienone is 8. The second kappa shape index (κ2) is 29.1. The van der Waals surface area contributed by atoms with Crippen LogP contribution in [0, 0.1) is 5.92 Å². The lowest BCUT2D eigenvalue weighted by atomic mass is 10.0. The number of phosphoric ester groups is 1. The van der Waals surface area contributed by atoms with Gasteiger partial charge in [0, 0.05) is 12.8 Å². The van der Waals surface area contributed by atoms with Crippen molar-refractivity contribution in [3.63, 3.8) is 0 Å². The van der Waals surface area contributed by atoms with E-state index in [2.05, 4.69) is 37.4 Å². The lowest BCUT2D eigenvalue weighted by molar-refractivity contribution is -0.161. The Balaban J connectivity index is 4.22. The quantitative estimate of drug-likeness (QED) is 0.0250. The number of esters is 2. The average molecular weight is 655 g/mol. The Labute approximate surface area is 271 Å². The predicted molar refractivity (Wildman–Crippen MR) is 180 cm³/mol. The van der Waals surface area contributed by atoms with E-state index in [9.17, 15) is 19.3 Å². The number of carbonyl (C=O) groups is 2. The summed E-state index contributed by atoms with van der Waals surface area (Å²) in [6.45, 7) is 5.62. The van der Waals surface area contributed by atoms with E-state index < -0.39 is 38.6 Å². The summed E-state index contributed by atoms with van der Waals surface area (Å²) in [6.07, 6.45) is 30.2. The van der Waals surface area contributed by atoms with Gasteiger partial charge in [0.25, 0.3) is 0 Å². The first-order valence-electron chi connectivity index (χ1n) is 16.5. The third-order valence-electron chi connectivity index (χ3n) is 6.56. The highest BCUT2D eigenvalue weighted by Gasteiger charge is 2.22. The number of carbonyl (C=O) groups excluding carboxylic acids is 2. The minimum atomic E-state index is -4.77. The van der Waals surface area contributed by atoms with Crippen LogP contribution in [0.5, 0.6) is 0 Å². The second-order valence-electron chi connectivity index (χ2n) is 11.4. The zero-order valence-electron chi connectivity index (χ0n) is 27.8. The standard InChI is InChI=1S/C35H59O9P/c1-4-5-6-7-15-20-25-32(36)26-21-16-10-8-9-11-17-22-27-34(37)42-29-33(30-43-45(39,40)41)44-35(38)28-23-18-13-12-14-19-24-31(2)3/h5-6,9-11,15-16,20-21,26,31-33,36H,4,7-8,12-14,17-19,22-25,27-30H2,1-3H3,(H2,39,40,41)/b6-5-,11-9-,16-10-,20-15-,26-21+/t32?,33-/m1/s1. The molecule has 0 aliphatic rings. The van der Waals surface area contributed by atoms with Crippen molar-refractivity contribution >= 4 is 19.8 Å². The van der Waals surface area contributed by atoms with Crippen molar-refractivity contribution in [3.05, 3.63) is 60.8 Å². The topological polar surface area (TPSA) is 140 Å². The maximum atomic E-state index is 12.2. The highest BCUT2D eigenvalue weighted by Crippen LogP contribution is 2.35. The van der Waals surface area contributed by atoms with Crippen LogP contribution in [0.1, 0.15) is 117 Å². The molecule has 258 valence electrons. The maximum Gasteiger partial charge on any atom is 0.469 e. The van der Waals surface area contributed by atoms with Gasteiger partial charge in [-0.15, -0.1) is 0 Å². The Morgan fingerprint density at radius 1 is 0.756 bits per heavy atom. The van der Waals surface area contributed by atoms with E-state index in [0.29, 0.717) is 31.6 Å². The number of phosphoric acid groups is 1. The zero-order valence-corrected chi connectivity index (χ0v) is 28.7. The maximum absolute atomic E-state index is 12.2. The first-order valence-corrected chi connectivity index (χ1v) is 18.1. The smallest absolute Gasteiger partial charge is 0.462 e. The van der Waals surface area contributed by atoms with E-state index in [0.717, 1.165) is 38.5 Å². The molecule has 9 nitrogen and oxygen atoms in total. The number of unbranched alkanes of at least 4 members (excludes halogenated alkanes) is 6. The normalized spacial score (nSPS) is 14.1. The predicted octanol–water partition coefficient (Wildman–Crippen LogP) is 8.22. The molecule has 0 heterocycles. The largest absolute Gasteiger partial charge is 0.469 e. The second-order valence-corrected chi connectivity index (χ2v) is 12.7. The summed E-state index contributed by atoms with van der Waals surface area (Å²) >= 11 is 0. The molecule has 0 aliphatic carbocycles. The molecular formula is C35H59O9P. The highest BCUT2D eigenvalue weighted by atomic mass is 31.2. The summed E-state index contributed by atoms with van der Waals surface area (Å²) < 4.78 is 26.1. The molecule has 2 atom stereocenters. The van der Waals surface area contributed by atoms with Gasteiger partial charge in [0.1, 0.15) is 6.61 Å². The van der Waals surface area contributed by atoms with E-state index in [1.54, 1.807) is 6.08 Å². The number of hydrogen-bond donors (Lipinski definition) is 3. The fourth-order valence-electron chi connectivity index (χ4n) is 4.09. The average Bonchev–Trinajstić information content (AvgIpc) is 2.98. The zero-order chi connectivity index (χ0) is 33.6. The molecule has 0 fully saturated rings. The van der Waals surface area contributed by atoms with E-state index in [4.69, 9.17) is 19.3 Å². The van der Waals surface area contributed by atoms with Crippen LogP contribution in [0.25, 0.3) is 0 Å². The molecule has 0 aliphatic heterocycles. The van der Waals surface area contributed by atoms with Gasteiger partial charge in [-0.05, 0) is 50.9 Å². The molecule has 0 amide bonds. The van der Waals surface area contributed by atoms with E-state index in [1.807, 2.05) is 42.5 Å². The van der Waals surface area contributed by atoms with Gasteiger partial charge in [-0.2, -0.15) is 0 Å². The van der Waals surface area contributed by atoms with Crippen LogP contribution >= 0.6 is 7.82 Å². The summed E-state index contributed by atoms with van der Waals surface area (Å²) in [5, 5.41) is 9.94. The Hall–Kier alpha value is -2.29. The van der Waals surface area contributed by atoms with Crippen LogP contribution in [0.15, 0.2) is 60.8 Å². The number of aliphatic hydroxyl groups excluding tert-OH is 1. The van der Waals surface area contributed by atoms with Gasteiger partial charge in [0.2, 0.25) is 0 Å². The van der Waals surface area contributed by atoms with E-state index in [1.165, 1.54) is 19.3 Å². The lowest BCUT2D eigenvalue weighted by Gasteiger charge is -2.18. The van der Waals surface area contributed by atoms with Gasteiger partial charge in [0.15, 0.2) is 6.10 Å². The number of ether oxygens (including phenoxy) is 2. The Morgan fingerprint density at radius 2 is 1.40 bits per heavy atom. The van der Waals surface area contributed by atoms with Crippen LogP contribution in [0.2, 0.25) is 0 Å². The fraction of sp³-hybridized carbons (Fsp3) is 0.657. The van der Waals surface area contributed by atoms with Gasteiger partial charge in [-0.3, -0.25) is 14.1 Å². The molecule has 45 heavy (non-hydrogen) atoms. The SMILES string of the molecule is CC/C=C\C/C=C\CC(O)/C=C/C=C\C/C=C\CCCC(=O)OC[C@H](COP(=O)(O)O)OC(=O)CCCCCCCCC(C)C. The third kappa shape index (κ3) is 32.9. The van der Waals surface area contributed by atoms with E-state index >= 15 is 0 Å². The van der Waals surface area contributed by atoms with Gasteiger partial charge < -0.3 is 24.4 Å². The van der Waals surface area contributed by atoms with E-state index in [-0.39, 0.29) is 19.4 Å². The van der Waals surface area contributed by atoms with Gasteiger partial charge >= 0.3 is 19.8 Å².